The van der Waals surface area contributed by atoms with Gasteiger partial charge in [-0.2, -0.15) is 15.3 Å². The highest BCUT2D eigenvalue weighted by Crippen LogP contribution is 2.18. The van der Waals surface area contributed by atoms with Gasteiger partial charge in [0.05, 0.1) is 17.6 Å². The Labute approximate surface area is 257 Å². The van der Waals surface area contributed by atoms with Crippen molar-refractivity contribution in [2.24, 2.45) is 16.2 Å². The minimum atomic E-state index is 0.285. The fraction of sp³-hybridized carbons (Fsp3) is 0.727. The van der Waals surface area contributed by atoms with E-state index in [4.69, 9.17) is 0 Å². The van der Waals surface area contributed by atoms with E-state index in [-0.39, 0.29) is 5.41 Å². The quantitative estimate of drug-likeness (QED) is 0.308. The van der Waals surface area contributed by atoms with E-state index in [2.05, 4.69) is 164 Å². The highest BCUT2D eigenvalue weighted by atomic mass is 15.3. The third-order valence-electron chi connectivity index (χ3n) is 5.54. The lowest BCUT2D eigenvalue weighted by Gasteiger charge is -2.20. The highest BCUT2D eigenvalue weighted by Gasteiger charge is 2.14. The smallest absolute Gasteiger partial charge is 0.0764 e. The molecule has 3 aromatic heterocycles. The Morgan fingerprint density at radius 3 is 1.64 bits per heavy atom. The second-order valence-corrected chi connectivity index (χ2v) is 15.9. The molecular weight excluding hydrogens is 522 g/mol. The van der Waals surface area contributed by atoms with Crippen molar-refractivity contribution in [2.75, 3.05) is 42.3 Å². The van der Waals surface area contributed by atoms with Crippen molar-refractivity contribution in [3.05, 3.63) is 53.9 Å². The molecule has 9 heteroatoms. The Balaban J connectivity index is 0.000000315. The van der Waals surface area contributed by atoms with E-state index in [1.165, 1.54) is 11.3 Å². The molecule has 0 bridgehead atoms. The largest absolute Gasteiger partial charge is 0.305 e. The molecule has 0 atom stereocenters. The van der Waals surface area contributed by atoms with Gasteiger partial charge in [0.25, 0.3) is 0 Å². The molecule has 0 aliphatic carbocycles. The standard InChI is InChI=1S/3C11H21N3/c1-11(2,3)9-14-8-10(6-12-14)7-13(4)5;1-11(2,3)9-14-7-6-10(12-14)8-13(4)5;1-11(2,3)9-14-10(6-7-12-14)8-13(4)5/h6,8H,7,9H2,1-5H3;2*6-7H,8-9H2,1-5H3. The molecule has 0 unspecified atom stereocenters. The highest BCUT2D eigenvalue weighted by molar-refractivity contribution is 5.03. The van der Waals surface area contributed by atoms with E-state index in [1.54, 1.807) is 0 Å². The van der Waals surface area contributed by atoms with Crippen LogP contribution in [-0.4, -0.2) is 86.3 Å². The molecule has 0 spiro atoms. The van der Waals surface area contributed by atoms with Crippen LogP contribution in [0.2, 0.25) is 0 Å². The maximum atomic E-state index is 4.51. The van der Waals surface area contributed by atoms with E-state index < -0.39 is 0 Å². The van der Waals surface area contributed by atoms with E-state index in [1.807, 2.05) is 21.8 Å². The molecule has 240 valence electrons. The van der Waals surface area contributed by atoms with Gasteiger partial charge in [0.15, 0.2) is 0 Å². The van der Waals surface area contributed by atoms with Crippen LogP contribution in [0.1, 0.15) is 79.3 Å². The molecule has 0 saturated carbocycles. The summed E-state index contributed by atoms with van der Waals surface area (Å²) in [5.41, 5.74) is 4.57. The van der Waals surface area contributed by atoms with Crippen molar-refractivity contribution in [1.29, 1.82) is 0 Å². The molecule has 9 nitrogen and oxygen atoms in total. The zero-order valence-electron chi connectivity index (χ0n) is 29.7. The summed E-state index contributed by atoms with van der Waals surface area (Å²) in [5.74, 6) is 0. The summed E-state index contributed by atoms with van der Waals surface area (Å²) >= 11 is 0. The van der Waals surface area contributed by atoms with Crippen molar-refractivity contribution in [1.82, 2.24) is 44.0 Å². The first-order chi connectivity index (χ1) is 19.1. The molecule has 0 amide bonds. The van der Waals surface area contributed by atoms with Crippen LogP contribution in [0.4, 0.5) is 0 Å². The summed E-state index contributed by atoms with van der Waals surface area (Å²) < 4.78 is 6.15. The first-order valence-corrected chi connectivity index (χ1v) is 15.1. The summed E-state index contributed by atoms with van der Waals surface area (Å²) in [6.07, 6.45) is 8.02. The van der Waals surface area contributed by atoms with Gasteiger partial charge in [-0.3, -0.25) is 14.0 Å². The van der Waals surface area contributed by atoms with Gasteiger partial charge in [0, 0.05) is 63.4 Å². The third kappa shape index (κ3) is 18.1. The predicted molar refractivity (Wildman–Crippen MR) is 177 cm³/mol. The Kier molecular flexibility index (Phi) is 14.6. The van der Waals surface area contributed by atoms with Crippen LogP contribution in [0.25, 0.3) is 0 Å². The second kappa shape index (κ2) is 16.4. The van der Waals surface area contributed by atoms with Gasteiger partial charge < -0.3 is 14.7 Å². The molecule has 0 fully saturated rings. The first kappa shape index (κ1) is 37.5. The molecule has 0 N–H and O–H groups in total. The maximum absolute atomic E-state index is 4.51. The number of nitrogens with zero attached hydrogens (tertiary/aromatic N) is 9. The second-order valence-electron chi connectivity index (χ2n) is 15.9. The Bertz CT molecular complexity index is 1070. The van der Waals surface area contributed by atoms with Crippen LogP contribution in [0, 0.1) is 16.2 Å². The number of rotatable bonds is 9. The van der Waals surface area contributed by atoms with E-state index in [9.17, 15) is 0 Å². The van der Waals surface area contributed by atoms with Crippen LogP contribution in [0.15, 0.2) is 36.9 Å². The Hall–Kier alpha value is -2.49. The van der Waals surface area contributed by atoms with Crippen LogP contribution in [0.3, 0.4) is 0 Å². The lowest BCUT2D eigenvalue weighted by Crippen LogP contribution is -2.21. The van der Waals surface area contributed by atoms with Crippen LogP contribution < -0.4 is 0 Å². The van der Waals surface area contributed by atoms with Gasteiger partial charge in [0.1, 0.15) is 0 Å². The molecule has 0 saturated heterocycles. The van der Waals surface area contributed by atoms with Crippen molar-refractivity contribution in [2.45, 2.75) is 102 Å². The molecule has 0 radical (unpaired) electrons. The summed E-state index contributed by atoms with van der Waals surface area (Å²) in [6, 6.07) is 4.18. The van der Waals surface area contributed by atoms with Gasteiger partial charge in [-0.15, -0.1) is 0 Å². The minimum Gasteiger partial charge on any atom is -0.305 e. The first-order valence-electron chi connectivity index (χ1n) is 15.1. The van der Waals surface area contributed by atoms with Gasteiger partial charge in [-0.1, -0.05) is 62.3 Å². The molecule has 0 aliphatic rings. The molecule has 0 aromatic carbocycles. The fourth-order valence-corrected chi connectivity index (χ4v) is 4.22. The average molecular weight is 586 g/mol. The zero-order valence-corrected chi connectivity index (χ0v) is 29.7. The SMILES string of the molecule is CN(C)Cc1ccn(CC(C)(C)C)n1.CN(C)Cc1ccnn1CC(C)(C)C.CN(C)Cc1cnn(CC(C)(C)C)c1. The van der Waals surface area contributed by atoms with Gasteiger partial charge in [0.2, 0.25) is 0 Å². The van der Waals surface area contributed by atoms with Crippen molar-refractivity contribution in [3.8, 4) is 0 Å². The molecule has 0 aliphatic heterocycles. The average Bonchev–Trinajstić information content (AvgIpc) is 3.48. The van der Waals surface area contributed by atoms with E-state index >= 15 is 0 Å². The van der Waals surface area contributed by atoms with E-state index in [0.717, 1.165) is 45.0 Å². The summed E-state index contributed by atoms with van der Waals surface area (Å²) in [7, 11) is 12.4. The fourth-order valence-electron chi connectivity index (χ4n) is 4.22. The van der Waals surface area contributed by atoms with Crippen LogP contribution in [0.5, 0.6) is 0 Å². The van der Waals surface area contributed by atoms with Crippen molar-refractivity contribution in [3.63, 3.8) is 0 Å². The Morgan fingerprint density at radius 2 is 1.14 bits per heavy atom. The topological polar surface area (TPSA) is 63.2 Å². The number of aromatic nitrogens is 6. The van der Waals surface area contributed by atoms with Crippen molar-refractivity contribution >= 4 is 0 Å². The van der Waals surface area contributed by atoms with E-state index in [0.29, 0.717) is 10.8 Å². The van der Waals surface area contributed by atoms with Gasteiger partial charge in [-0.05, 0) is 70.7 Å². The minimum absolute atomic E-state index is 0.285. The molecule has 3 rings (SSSR count). The van der Waals surface area contributed by atoms with Crippen LogP contribution in [-0.2, 0) is 39.3 Å². The Morgan fingerprint density at radius 1 is 0.619 bits per heavy atom. The van der Waals surface area contributed by atoms with Gasteiger partial charge in [-0.25, -0.2) is 0 Å². The number of hydrogen-bond donors (Lipinski definition) is 0. The molecule has 42 heavy (non-hydrogen) atoms. The lowest BCUT2D eigenvalue weighted by atomic mass is 9.97. The summed E-state index contributed by atoms with van der Waals surface area (Å²) in [4.78, 5) is 6.44. The van der Waals surface area contributed by atoms with Crippen molar-refractivity contribution < 1.29 is 0 Å². The summed E-state index contributed by atoms with van der Waals surface area (Å²) in [6.45, 7) is 25.8. The summed E-state index contributed by atoms with van der Waals surface area (Å²) in [5, 5.41) is 13.2. The zero-order chi connectivity index (χ0) is 32.3. The molecular formula is C33H63N9. The number of hydrogen-bond acceptors (Lipinski definition) is 6. The maximum Gasteiger partial charge on any atom is 0.0764 e. The monoisotopic (exact) mass is 586 g/mol. The van der Waals surface area contributed by atoms with Crippen LogP contribution >= 0.6 is 0 Å². The lowest BCUT2D eigenvalue weighted by molar-refractivity contribution is 0.304. The molecule has 3 heterocycles. The predicted octanol–water partition coefficient (Wildman–Crippen LogP) is 5.97. The third-order valence-corrected chi connectivity index (χ3v) is 5.54. The van der Waals surface area contributed by atoms with Gasteiger partial charge >= 0.3 is 0 Å². The normalized spacial score (nSPS) is 12.4. The molecule has 3 aromatic rings.